The highest BCUT2D eigenvalue weighted by Gasteiger charge is 2.05. The maximum Gasteiger partial charge on any atom is 0.0643 e. The fourth-order valence-electron chi connectivity index (χ4n) is 1.81. The number of hydrogen-bond donors (Lipinski definition) is 0. The minimum Gasteiger partial charge on any atom is -0.285 e. The van der Waals surface area contributed by atoms with Gasteiger partial charge in [0.15, 0.2) is 0 Å². The second-order valence-corrected chi connectivity index (χ2v) is 4.29. The van der Waals surface area contributed by atoms with Crippen molar-refractivity contribution in [2.45, 2.75) is 40.0 Å². The Labute approximate surface area is 105 Å². The molecule has 0 spiro atoms. The lowest BCUT2D eigenvalue weighted by molar-refractivity contribution is 0.733. The van der Waals surface area contributed by atoms with Crippen LogP contribution in [0.25, 0.3) is 0 Å². The van der Waals surface area contributed by atoms with Crippen LogP contribution in [0.15, 0.2) is 41.4 Å². The first-order valence-corrected chi connectivity index (χ1v) is 6.50. The van der Waals surface area contributed by atoms with Crippen molar-refractivity contribution in [2.24, 2.45) is 4.99 Å². The van der Waals surface area contributed by atoms with Gasteiger partial charge in [-0.15, -0.1) is 0 Å². The summed E-state index contributed by atoms with van der Waals surface area (Å²) in [6, 6.07) is 8.74. The zero-order valence-corrected chi connectivity index (χ0v) is 11.4. The molecular formula is C16H23N. The summed E-state index contributed by atoms with van der Waals surface area (Å²) in [4.78, 5) is 4.54. The standard InChI is InChI=1S/C16H23N/c1-5-9-16(17-7-3)15-11-8-10-14(12-15)13(4)6-2/h5,8-13H,6-7H2,1-4H3/b9-5-,17-16?. The maximum atomic E-state index is 4.54. The van der Waals surface area contributed by atoms with E-state index >= 15 is 0 Å². The van der Waals surface area contributed by atoms with Crippen molar-refractivity contribution in [2.75, 3.05) is 6.54 Å². The average molecular weight is 229 g/mol. The van der Waals surface area contributed by atoms with Crippen LogP contribution in [-0.2, 0) is 0 Å². The smallest absolute Gasteiger partial charge is 0.0643 e. The first-order chi connectivity index (χ1) is 8.22. The predicted octanol–water partition coefficient (Wildman–Crippen LogP) is 4.59. The van der Waals surface area contributed by atoms with E-state index in [-0.39, 0.29) is 0 Å². The molecule has 1 aromatic rings. The molecule has 0 aliphatic carbocycles. The minimum absolute atomic E-state index is 0.614. The molecule has 0 aliphatic heterocycles. The lowest BCUT2D eigenvalue weighted by Gasteiger charge is -2.11. The highest BCUT2D eigenvalue weighted by atomic mass is 14.7. The zero-order chi connectivity index (χ0) is 12.7. The minimum atomic E-state index is 0.614. The van der Waals surface area contributed by atoms with Gasteiger partial charge in [0.25, 0.3) is 0 Å². The van der Waals surface area contributed by atoms with Gasteiger partial charge in [-0.2, -0.15) is 0 Å². The molecule has 1 heteroatoms. The molecule has 0 fully saturated rings. The summed E-state index contributed by atoms with van der Waals surface area (Å²) in [5.74, 6) is 0.614. The Kier molecular flexibility index (Phi) is 5.68. The van der Waals surface area contributed by atoms with Crippen LogP contribution in [0.5, 0.6) is 0 Å². The normalized spacial score (nSPS) is 14.2. The molecular weight excluding hydrogens is 206 g/mol. The third-order valence-corrected chi connectivity index (χ3v) is 3.02. The molecule has 0 aliphatic rings. The molecule has 0 saturated heterocycles. The van der Waals surface area contributed by atoms with Crippen molar-refractivity contribution < 1.29 is 0 Å². The van der Waals surface area contributed by atoms with Gasteiger partial charge in [-0.05, 0) is 49.5 Å². The number of hydrogen-bond acceptors (Lipinski definition) is 1. The van der Waals surface area contributed by atoms with E-state index in [9.17, 15) is 0 Å². The molecule has 1 aromatic carbocycles. The summed E-state index contributed by atoms with van der Waals surface area (Å²) in [5, 5.41) is 0. The van der Waals surface area contributed by atoms with Crippen LogP contribution < -0.4 is 0 Å². The van der Waals surface area contributed by atoms with Gasteiger partial charge in [0.05, 0.1) is 5.71 Å². The van der Waals surface area contributed by atoms with Crippen molar-refractivity contribution in [3.63, 3.8) is 0 Å². The molecule has 1 nitrogen and oxygen atoms in total. The van der Waals surface area contributed by atoms with E-state index in [4.69, 9.17) is 0 Å². The third-order valence-electron chi connectivity index (χ3n) is 3.02. The molecule has 0 aromatic heterocycles. The van der Waals surface area contributed by atoms with Crippen LogP contribution in [0.1, 0.15) is 51.2 Å². The predicted molar refractivity (Wildman–Crippen MR) is 77.0 cm³/mol. The Bertz CT molecular complexity index is 402. The molecule has 1 atom stereocenters. The monoisotopic (exact) mass is 229 g/mol. The van der Waals surface area contributed by atoms with Gasteiger partial charge in [0, 0.05) is 6.54 Å². The Morgan fingerprint density at radius 2 is 2.12 bits per heavy atom. The third kappa shape index (κ3) is 3.85. The van der Waals surface area contributed by atoms with Gasteiger partial charge < -0.3 is 0 Å². The maximum absolute atomic E-state index is 4.54. The van der Waals surface area contributed by atoms with E-state index in [2.05, 4.69) is 56.1 Å². The quantitative estimate of drug-likeness (QED) is 0.655. The van der Waals surface area contributed by atoms with E-state index < -0.39 is 0 Å². The topological polar surface area (TPSA) is 12.4 Å². The van der Waals surface area contributed by atoms with Crippen LogP contribution in [-0.4, -0.2) is 12.3 Å². The van der Waals surface area contributed by atoms with E-state index in [0.29, 0.717) is 5.92 Å². The highest BCUT2D eigenvalue weighted by Crippen LogP contribution is 2.20. The first-order valence-electron chi connectivity index (χ1n) is 6.50. The Morgan fingerprint density at radius 1 is 1.35 bits per heavy atom. The summed E-state index contributed by atoms with van der Waals surface area (Å²) in [5.41, 5.74) is 3.71. The van der Waals surface area contributed by atoms with Gasteiger partial charge in [-0.3, -0.25) is 4.99 Å². The van der Waals surface area contributed by atoms with Gasteiger partial charge in [0.1, 0.15) is 0 Å². The van der Waals surface area contributed by atoms with Crippen molar-refractivity contribution in [3.8, 4) is 0 Å². The fraction of sp³-hybridized carbons (Fsp3) is 0.438. The zero-order valence-electron chi connectivity index (χ0n) is 11.4. The number of rotatable bonds is 5. The molecule has 1 rings (SSSR count). The number of benzene rings is 1. The Hall–Kier alpha value is -1.37. The number of allylic oxidation sites excluding steroid dienone is 2. The van der Waals surface area contributed by atoms with E-state index in [1.54, 1.807) is 0 Å². The summed E-state index contributed by atoms with van der Waals surface area (Å²) in [6.07, 6.45) is 5.30. The van der Waals surface area contributed by atoms with Gasteiger partial charge in [-0.25, -0.2) is 0 Å². The van der Waals surface area contributed by atoms with Crippen LogP contribution in [0.2, 0.25) is 0 Å². The van der Waals surface area contributed by atoms with E-state index in [1.807, 2.05) is 13.0 Å². The van der Waals surface area contributed by atoms with Gasteiger partial charge in [-0.1, -0.05) is 38.1 Å². The second-order valence-electron chi connectivity index (χ2n) is 4.29. The molecule has 1 unspecified atom stereocenters. The summed E-state index contributed by atoms with van der Waals surface area (Å²) < 4.78 is 0. The van der Waals surface area contributed by atoms with Crippen LogP contribution in [0.3, 0.4) is 0 Å². The van der Waals surface area contributed by atoms with Gasteiger partial charge >= 0.3 is 0 Å². The Morgan fingerprint density at radius 3 is 2.71 bits per heavy atom. The van der Waals surface area contributed by atoms with Crippen LogP contribution in [0.4, 0.5) is 0 Å². The molecule has 92 valence electrons. The van der Waals surface area contributed by atoms with Crippen LogP contribution in [0, 0.1) is 0 Å². The largest absolute Gasteiger partial charge is 0.285 e. The molecule has 0 amide bonds. The highest BCUT2D eigenvalue weighted by molar-refractivity contribution is 6.08. The summed E-state index contributed by atoms with van der Waals surface area (Å²) >= 11 is 0. The molecule has 0 bridgehead atoms. The molecule has 17 heavy (non-hydrogen) atoms. The lowest BCUT2D eigenvalue weighted by atomic mass is 9.95. The van der Waals surface area contributed by atoms with Crippen molar-refractivity contribution in [3.05, 3.63) is 47.5 Å². The SMILES string of the molecule is C/C=C\C(=NCC)c1cccc(C(C)CC)c1. The Balaban J connectivity index is 3.08. The molecule has 0 radical (unpaired) electrons. The number of nitrogens with zero attached hydrogens (tertiary/aromatic N) is 1. The van der Waals surface area contributed by atoms with E-state index in [1.165, 1.54) is 17.5 Å². The van der Waals surface area contributed by atoms with E-state index in [0.717, 1.165) is 12.3 Å². The van der Waals surface area contributed by atoms with Crippen molar-refractivity contribution in [1.29, 1.82) is 0 Å². The molecule has 0 saturated carbocycles. The fourth-order valence-corrected chi connectivity index (χ4v) is 1.81. The molecule has 0 N–H and O–H groups in total. The lowest BCUT2D eigenvalue weighted by Crippen LogP contribution is -2.00. The van der Waals surface area contributed by atoms with Crippen LogP contribution >= 0.6 is 0 Å². The second kappa shape index (κ2) is 7.05. The summed E-state index contributed by atoms with van der Waals surface area (Å²) in [6.45, 7) is 9.43. The summed E-state index contributed by atoms with van der Waals surface area (Å²) in [7, 11) is 0. The average Bonchev–Trinajstić information content (AvgIpc) is 2.37. The molecule has 0 heterocycles. The van der Waals surface area contributed by atoms with Crippen molar-refractivity contribution in [1.82, 2.24) is 0 Å². The van der Waals surface area contributed by atoms with Crippen molar-refractivity contribution >= 4 is 5.71 Å². The number of aliphatic imine (C=N–C) groups is 1. The first kappa shape index (κ1) is 13.7. The van der Waals surface area contributed by atoms with Gasteiger partial charge in [0.2, 0.25) is 0 Å².